The summed E-state index contributed by atoms with van der Waals surface area (Å²) < 4.78 is 10.2. The van der Waals surface area contributed by atoms with E-state index in [9.17, 15) is 5.26 Å². The second kappa shape index (κ2) is 6.83. The first-order valence-corrected chi connectivity index (χ1v) is 9.15. The maximum Gasteiger partial charge on any atom is 0.218 e. The van der Waals surface area contributed by atoms with Crippen LogP contribution in [-0.2, 0) is 4.87 Å². The highest BCUT2D eigenvalue weighted by molar-refractivity contribution is 7.08. The van der Waals surface area contributed by atoms with Gasteiger partial charge in [0.25, 0.3) is 0 Å². The quantitative estimate of drug-likeness (QED) is 0.396. The number of hydrogen-bond acceptors (Lipinski definition) is 5. The molecule has 0 atom stereocenters. The number of alkyl halides is 1. The zero-order chi connectivity index (χ0) is 18.2. The van der Waals surface area contributed by atoms with Crippen molar-refractivity contribution in [2.75, 3.05) is 14.1 Å². The zero-order valence-corrected chi connectivity index (χ0v) is 16.3. The topological polar surface area (TPSA) is 61.5 Å². The minimum atomic E-state index is -0.506. The third kappa shape index (κ3) is 3.74. The molecule has 0 N–H and O–H groups in total. The van der Waals surface area contributed by atoms with Crippen LogP contribution >= 0.6 is 34.7 Å². The van der Waals surface area contributed by atoms with E-state index in [4.69, 9.17) is 27.9 Å². The van der Waals surface area contributed by atoms with Crippen molar-refractivity contribution in [3.8, 4) is 16.9 Å². The van der Waals surface area contributed by atoms with Crippen LogP contribution in [0, 0.1) is 18.3 Å². The molecule has 0 spiro atoms. The second-order valence-corrected chi connectivity index (χ2v) is 8.02. The average Bonchev–Trinajstić information content (AvgIpc) is 3.16. The fraction of sp³-hybridized carbons (Fsp3) is 0.353. The molecule has 1 aromatic carbocycles. The Morgan fingerprint density at radius 2 is 2.16 bits per heavy atom. The van der Waals surface area contributed by atoms with E-state index in [1.165, 1.54) is 0 Å². The van der Waals surface area contributed by atoms with Gasteiger partial charge in [0, 0.05) is 25.6 Å². The lowest BCUT2D eigenvalue weighted by Crippen LogP contribution is -2.07. The van der Waals surface area contributed by atoms with Crippen LogP contribution in [-0.4, -0.2) is 29.7 Å². The largest absolute Gasteiger partial charge is 0.442 e. The van der Waals surface area contributed by atoms with Crippen molar-refractivity contribution in [1.29, 1.82) is 5.26 Å². The Kier molecular flexibility index (Phi) is 4.92. The standard InChI is InChI=1S/C17H16Cl2N4OS/c1-10-6-14(12(18)7-13(10)21-9-23(2)3)24-16-11(8-20)15(22-25-16)17(19)4-5-17/h6-7,9H,4-5H2,1-3H3. The maximum absolute atomic E-state index is 9.47. The zero-order valence-electron chi connectivity index (χ0n) is 14.0. The SMILES string of the molecule is Cc1cc(Oc2snc(C3(Cl)CC3)c2C#N)c(Cl)cc1N=CN(C)C. The van der Waals surface area contributed by atoms with E-state index in [-0.39, 0.29) is 0 Å². The molecule has 130 valence electrons. The summed E-state index contributed by atoms with van der Waals surface area (Å²) in [4.78, 5) is 5.71. The van der Waals surface area contributed by atoms with E-state index in [2.05, 4.69) is 15.4 Å². The smallest absolute Gasteiger partial charge is 0.218 e. The highest BCUT2D eigenvalue weighted by atomic mass is 35.5. The summed E-state index contributed by atoms with van der Waals surface area (Å²) in [6, 6.07) is 5.70. The third-order valence-electron chi connectivity index (χ3n) is 3.77. The van der Waals surface area contributed by atoms with Crippen LogP contribution in [0.4, 0.5) is 5.69 Å². The number of benzene rings is 1. The Labute approximate surface area is 160 Å². The number of nitrogens with zero attached hydrogens (tertiary/aromatic N) is 4. The number of rotatable bonds is 5. The monoisotopic (exact) mass is 394 g/mol. The van der Waals surface area contributed by atoms with Crippen LogP contribution in [0.2, 0.25) is 5.02 Å². The summed E-state index contributed by atoms with van der Waals surface area (Å²) >= 11 is 13.9. The van der Waals surface area contributed by atoms with Gasteiger partial charge in [0.2, 0.25) is 5.06 Å². The van der Waals surface area contributed by atoms with Gasteiger partial charge in [-0.3, -0.25) is 0 Å². The van der Waals surface area contributed by atoms with Crippen molar-refractivity contribution in [1.82, 2.24) is 9.27 Å². The fourth-order valence-electron chi connectivity index (χ4n) is 2.24. The fourth-order valence-corrected chi connectivity index (χ4v) is 3.51. The first kappa shape index (κ1) is 18.0. The normalized spacial score (nSPS) is 15.2. The minimum Gasteiger partial charge on any atom is -0.442 e. The van der Waals surface area contributed by atoms with Crippen LogP contribution in [0.15, 0.2) is 17.1 Å². The third-order valence-corrected chi connectivity index (χ3v) is 5.35. The van der Waals surface area contributed by atoms with Crippen LogP contribution in [0.5, 0.6) is 10.8 Å². The number of aliphatic imine (C=N–C) groups is 1. The molecular formula is C17H16Cl2N4OS. The summed E-state index contributed by atoms with van der Waals surface area (Å²) in [7, 11) is 3.79. The van der Waals surface area contributed by atoms with E-state index in [0.29, 0.717) is 27.1 Å². The van der Waals surface area contributed by atoms with Crippen LogP contribution in [0.1, 0.15) is 29.7 Å². The van der Waals surface area contributed by atoms with Gasteiger partial charge < -0.3 is 9.64 Å². The van der Waals surface area contributed by atoms with Gasteiger partial charge in [-0.05, 0) is 37.5 Å². The molecule has 1 aliphatic carbocycles. The van der Waals surface area contributed by atoms with E-state index >= 15 is 0 Å². The van der Waals surface area contributed by atoms with Crippen molar-refractivity contribution in [3.63, 3.8) is 0 Å². The molecule has 5 nitrogen and oxygen atoms in total. The van der Waals surface area contributed by atoms with Gasteiger partial charge in [-0.2, -0.15) is 9.64 Å². The van der Waals surface area contributed by atoms with Crippen molar-refractivity contribution in [2.24, 2.45) is 4.99 Å². The molecule has 8 heteroatoms. The number of aryl methyl sites for hydroxylation is 1. The molecule has 2 aromatic rings. The highest BCUT2D eigenvalue weighted by Crippen LogP contribution is 2.54. The van der Waals surface area contributed by atoms with Gasteiger partial charge in [0.1, 0.15) is 17.4 Å². The van der Waals surface area contributed by atoms with Gasteiger partial charge in [-0.1, -0.05) is 11.6 Å². The lowest BCUT2D eigenvalue weighted by Gasteiger charge is -2.10. The summed E-state index contributed by atoms with van der Waals surface area (Å²) in [5, 5.41) is 10.3. The summed E-state index contributed by atoms with van der Waals surface area (Å²) in [5.41, 5.74) is 2.67. The van der Waals surface area contributed by atoms with E-state index in [1.54, 1.807) is 18.5 Å². The van der Waals surface area contributed by atoms with E-state index < -0.39 is 4.87 Å². The Hall–Kier alpha value is -1.81. The minimum absolute atomic E-state index is 0.390. The van der Waals surface area contributed by atoms with Crippen LogP contribution in [0.25, 0.3) is 0 Å². The van der Waals surface area contributed by atoms with Gasteiger partial charge in [0.15, 0.2) is 0 Å². The van der Waals surface area contributed by atoms with Crippen LogP contribution < -0.4 is 4.74 Å². The Morgan fingerprint density at radius 1 is 1.44 bits per heavy atom. The van der Waals surface area contributed by atoms with Crippen molar-refractivity contribution < 1.29 is 4.74 Å². The van der Waals surface area contributed by atoms with Crippen LogP contribution in [0.3, 0.4) is 0 Å². The number of hydrogen-bond donors (Lipinski definition) is 0. The molecule has 1 aliphatic rings. The van der Waals surface area contributed by atoms with Crippen molar-refractivity contribution in [2.45, 2.75) is 24.6 Å². The highest BCUT2D eigenvalue weighted by Gasteiger charge is 2.47. The summed E-state index contributed by atoms with van der Waals surface area (Å²) in [6.07, 6.45) is 3.35. The van der Waals surface area contributed by atoms with Crippen molar-refractivity contribution in [3.05, 3.63) is 34.0 Å². The molecule has 0 bridgehead atoms. The predicted octanol–water partition coefficient (Wildman–Crippen LogP) is 5.22. The van der Waals surface area contributed by atoms with Gasteiger partial charge in [0.05, 0.1) is 27.6 Å². The Morgan fingerprint density at radius 3 is 2.76 bits per heavy atom. The molecule has 0 saturated heterocycles. The molecule has 1 fully saturated rings. The molecule has 0 unspecified atom stereocenters. The number of halogens is 2. The average molecular weight is 395 g/mol. The second-order valence-electron chi connectivity index (χ2n) is 6.15. The maximum atomic E-state index is 9.47. The number of nitriles is 1. The molecule has 0 radical (unpaired) electrons. The molecule has 3 rings (SSSR count). The van der Waals surface area contributed by atoms with E-state index in [1.807, 2.05) is 25.9 Å². The lowest BCUT2D eigenvalue weighted by atomic mass is 10.2. The Bertz CT molecular complexity index is 882. The molecule has 25 heavy (non-hydrogen) atoms. The van der Waals surface area contributed by atoms with Crippen molar-refractivity contribution >= 4 is 46.8 Å². The molecule has 0 amide bonds. The van der Waals surface area contributed by atoms with Gasteiger partial charge in [-0.15, -0.1) is 11.6 Å². The summed E-state index contributed by atoms with van der Waals surface area (Å²) in [5.74, 6) is 0.467. The molecular weight excluding hydrogens is 379 g/mol. The van der Waals surface area contributed by atoms with Gasteiger partial charge >= 0.3 is 0 Å². The molecule has 1 aromatic heterocycles. The Balaban J connectivity index is 1.90. The summed E-state index contributed by atoms with van der Waals surface area (Å²) in [6.45, 7) is 1.92. The number of aromatic nitrogens is 1. The first-order chi connectivity index (χ1) is 11.8. The first-order valence-electron chi connectivity index (χ1n) is 7.62. The lowest BCUT2D eigenvalue weighted by molar-refractivity contribution is 0.494. The molecule has 1 saturated carbocycles. The molecule has 0 aliphatic heterocycles. The number of ether oxygens (including phenoxy) is 1. The van der Waals surface area contributed by atoms with E-state index in [0.717, 1.165) is 35.6 Å². The molecule has 1 heterocycles. The predicted molar refractivity (Wildman–Crippen MR) is 102 cm³/mol. The van der Waals surface area contributed by atoms with Gasteiger partial charge in [-0.25, -0.2) is 4.99 Å².